The van der Waals surface area contributed by atoms with Gasteiger partial charge in [-0.1, -0.05) is 206 Å². The zero-order valence-corrected chi connectivity index (χ0v) is 38.1. The number of nitrogens with zero attached hydrogens (tertiary/aromatic N) is 2. The van der Waals surface area contributed by atoms with Crippen LogP contribution in [0.25, 0.3) is 100 Å². The second-order valence-electron chi connectivity index (χ2n) is 17.7. The van der Waals surface area contributed by atoms with Gasteiger partial charge in [0.15, 0.2) is 13.9 Å². The molecule has 0 aliphatic carbocycles. The van der Waals surface area contributed by atoms with Crippen molar-refractivity contribution in [2.24, 2.45) is 0 Å². The van der Waals surface area contributed by atoms with Crippen molar-refractivity contribution in [3.63, 3.8) is 0 Å². The first-order valence-corrected chi connectivity index (χ1v) is 25.2. The van der Waals surface area contributed by atoms with Crippen LogP contribution in [0.2, 0.25) is 0 Å². The minimum Gasteiger partial charge on any atom is -0.456 e. The van der Waals surface area contributed by atoms with Gasteiger partial charge >= 0.3 is 0 Å². The molecule has 1 aliphatic rings. The highest BCUT2D eigenvalue weighted by atomic mass is 28.3. The number of para-hydroxylation sites is 1. The average Bonchev–Trinajstić information content (AvgIpc) is 3.95. The molecule has 3 nitrogen and oxygen atoms in total. The number of benzene rings is 10. The molecule has 4 heteroatoms. The van der Waals surface area contributed by atoms with Gasteiger partial charge in [0, 0.05) is 27.5 Å². The van der Waals surface area contributed by atoms with Crippen LogP contribution in [0.4, 0.5) is 0 Å². The number of aromatic nitrogens is 2. The van der Waals surface area contributed by atoms with Crippen molar-refractivity contribution in [1.29, 1.82) is 0 Å². The maximum Gasteiger partial charge on any atom is 0.180 e. The van der Waals surface area contributed by atoms with Crippen LogP contribution in [0, 0.1) is 0 Å². The first-order valence-electron chi connectivity index (χ1n) is 23.2. The number of hydrogen-bond donors (Lipinski definition) is 0. The Balaban J connectivity index is 0.932. The van der Waals surface area contributed by atoms with E-state index in [1.807, 2.05) is 30.3 Å². The molecule has 3 heterocycles. The van der Waals surface area contributed by atoms with Crippen LogP contribution in [-0.2, 0) is 0 Å². The van der Waals surface area contributed by atoms with E-state index in [0.717, 1.165) is 83.4 Å². The van der Waals surface area contributed by atoms with Crippen molar-refractivity contribution in [3.05, 3.63) is 255 Å². The van der Waals surface area contributed by atoms with Gasteiger partial charge in [-0.25, -0.2) is 9.97 Å². The molecule has 0 radical (unpaired) electrons. The zero-order chi connectivity index (χ0) is 45.0. The largest absolute Gasteiger partial charge is 0.456 e. The Kier molecular flexibility index (Phi) is 9.51. The molecule has 13 rings (SSSR count). The summed E-state index contributed by atoms with van der Waals surface area (Å²) in [6.45, 7) is 0. The van der Waals surface area contributed by atoms with Crippen LogP contribution in [0.3, 0.4) is 0 Å². The van der Waals surface area contributed by atoms with Gasteiger partial charge in [0.25, 0.3) is 0 Å². The van der Waals surface area contributed by atoms with E-state index in [1.54, 1.807) is 0 Å². The minimum absolute atomic E-state index is 0.680. The second-order valence-corrected chi connectivity index (χ2v) is 21.4. The molecule has 12 aromatic rings. The Morgan fingerprint density at radius 1 is 0.279 bits per heavy atom. The van der Waals surface area contributed by atoms with Gasteiger partial charge in [-0.15, -0.1) is 0 Å². The van der Waals surface area contributed by atoms with Crippen molar-refractivity contribution in [2.45, 2.75) is 0 Å². The van der Waals surface area contributed by atoms with Crippen molar-refractivity contribution in [1.82, 2.24) is 9.97 Å². The highest BCUT2D eigenvalue weighted by Gasteiger charge is 2.48. The van der Waals surface area contributed by atoms with E-state index in [-0.39, 0.29) is 0 Å². The number of fused-ring (bicyclic) bond motifs is 6. The Bertz CT molecular complexity index is 3800. The third kappa shape index (κ3) is 6.65. The first kappa shape index (κ1) is 39.6. The minimum atomic E-state index is -2.58. The van der Waals surface area contributed by atoms with E-state index >= 15 is 0 Å². The molecule has 0 amide bonds. The summed E-state index contributed by atoms with van der Waals surface area (Å²) >= 11 is 0. The van der Waals surface area contributed by atoms with Crippen LogP contribution in [0.15, 0.2) is 259 Å². The average molecular weight is 883 g/mol. The van der Waals surface area contributed by atoms with Crippen molar-refractivity contribution >= 4 is 50.8 Å². The summed E-state index contributed by atoms with van der Waals surface area (Å²) in [5, 5.41) is 7.88. The molecule has 0 unspecified atom stereocenters. The van der Waals surface area contributed by atoms with E-state index in [4.69, 9.17) is 14.4 Å². The van der Waals surface area contributed by atoms with Crippen LogP contribution in [0.1, 0.15) is 0 Å². The lowest BCUT2D eigenvalue weighted by atomic mass is 9.93. The van der Waals surface area contributed by atoms with Crippen LogP contribution >= 0.6 is 0 Å². The number of hydrogen-bond acceptors (Lipinski definition) is 3. The molecule has 0 fully saturated rings. The molecule has 0 spiro atoms. The summed E-state index contributed by atoms with van der Waals surface area (Å²) in [4.78, 5) is 10.6. The van der Waals surface area contributed by atoms with Crippen LogP contribution in [0.5, 0.6) is 0 Å². The molecule has 318 valence electrons. The summed E-state index contributed by atoms with van der Waals surface area (Å²) in [5.74, 6) is 0.680. The molecule has 68 heavy (non-hydrogen) atoms. The third-order valence-electron chi connectivity index (χ3n) is 13.8. The summed E-state index contributed by atoms with van der Waals surface area (Å²) in [6.07, 6.45) is 0. The molecular formula is C64H42N2OSi. The van der Waals surface area contributed by atoms with E-state index < -0.39 is 8.07 Å². The van der Waals surface area contributed by atoms with Crippen molar-refractivity contribution in [2.75, 3.05) is 0 Å². The quantitative estimate of drug-likeness (QED) is 0.143. The number of furan rings is 1. The fraction of sp³-hybridized carbons (Fsp3) is 0. The standard InChI is InChI=1S/C64H42N2OSi/c1-4-17-43(18-5-1)49-38-50(47-33-36-61-57(41-47)54-25-10-13-28-60(54)67-61)40-51(39-49)59-42-58(65-64(66-59)45-19-6-2-7-20-45)48-22-16-21-46(37-48)44-31-34-53(35-32-44)68(52-23-8-3-9-24-52)62-29-14-11-26-55(62)56-27-12-15-30-63(56)68/h1-42H. The molecule has 0 saturated carbocycles. The second kappa shape index (κ2) is 16.3. The van der Waals surface area contributed by atoms with Crippen molar-refractivity contribution in [3.8, 4) is 78.4 Å². The molecular weight excluding hydrogens is 841 g/mol. The molecule has 10 aromatic carbocycles. The van der Waals surface area contributed by atoms with Gasteiger partial charge in [0.2, 0.25) is 0 Å². The lowest BCUT2D eigenvalue weighted by Gasteiger charge is -2.31. The van der Waals surface area contributed by atoms with E-state index in [9.17, 15) is 0 Å². The van der Waals surface area contributed by atoms with Gasteiger partial charge < -0.3 is 4.42 Å². The highest BCUT2D eigenvalue weighted by Crippen LogP contribution is 2.38. The molecule has 0 saturated heterocycles. The third-order valence-corrected chi connectivity index (χ3v) is 18.7. The van der Waals surface area contributed by atoms with Gasteiger partial charge in [-0.2, -0.15) is 0 Å². The van der Waals surface area contributed by atoms with Gasteiger partial charge in [0.05, 0.1) is 11.4 Å². The number of rotatable bonds is 8. The summed E-state index contributed by atoms with van der Waals surface area (Å²) in [5.41, 5.74) is 15.9. The smallest absolute Gasteiger partial charge is 0.180 e. The van der Waals surface area contributed by atoms with Crippen LogP contribution in [-0.4, -0.2) is 18.0 Å². The Morgan fingerprint density at radius 2 is 0.750 bits per heavy atom. The monoisotopic (exact) mass is 882 g/mol. The maximum absolute atomic E-state index is 6.23. The lowest BCUT2D eigenvalue weighted by molar-refractivity contribution is 0.669. The summed E-state index contributed by atoms with van der Waals surface area (Å²) in [6, 6.07) is 92.1. The molecule has 2 aromatic heterocycles. The SMILES string of the molecule is c1ccc(-c2cc(-c3ccc4oc5ccccc5c4c3)cc(-c3cc(-c4cccc(-c5ccc([Si]6(c7ccccc7)c7ccccc7-c7ccccc76)cc5)c4)nc(-c4ccccc4)n3)c2)cc1. The highest BCUT2D eigenvalue weighted by molar-refractivity contribution is 7.22. The van der Waals surface area contributed by atoms with Gasteiger partial charge in [-0.05, 0) is 114 Å². The fourth-order valence-electron chi connectivity index (χ4n) is 10.6. The Morgan fingerprint density at radius 3 is 1.47 bits per heavy atom. The molecule has 0 N–H and O–H groups in total. The summed E-state index contributed by atoms with van der Waals surface area (Å²) < 4.78 is 6.23. The normalized spacial score (nSPS) is 12.5. The first-order chi connectivity index (χ1) is 33.7. The van der Waals surface area contributed by atoms with Crippen LogP contribution < -0.4 is 20.7 Å². The predicted octanol–water partition coefficient (Wildman–Crippen LogP) is 13.7. The molecule has 1 aliphatic heterocycles. The molecule has 0 atom stereocenters. The maximum atomic E-state index is 6.23. The Hall–Kier alpha value is -8.70. The van der Waals surface area contributed by atoms with Gasteiger partial charge in [0.1, 0.15) is 11.2 Å². The predicted molar refractivity (Wildman–Crippen MR) is 285 cm³/mol. The molecule has 0 bridgehead atoms. The topological polar surface area (TPSA) is 38.9 Å². The summed E-state index contributed by atoms with van der Waals surface area (Å²) in [7, 11) is -2.58. The van der Waals surface area contributed by atoms with Gasteiger partial charge in [-0.3, -0.25) is 0 Å². The van der Waals surface area contributed by atoms with E-state index in [0.29, 0.717) is 5.82 Å². The van der Waals surface area contributed by atoms with E-state index in [2.05, 4.69) is 224 Å². The lowest BCUT2D eigenvalue weighted by Crippen LogP contribution is -2.72. The van der Waals surface area contributed by atoms with Crippen molar-refractivity contribution < 1.29 is 4.42 Å². The Labute approximate surface area is 396 Å². The fourth-order valence-corrected chi connectivity index (χ4v) is 15.8. The van der Waals surface area contributed by atoms with E-state index in [1.165, 1.54) is 31.9 Å². The zero-order valence-electron chi connectivity index (χ0n) is 37.1.